The zero-order valence-corrected chi connectivity index (χ0v) is 22.0. The summed E-state index contributed by atoms with van der Waals surface area (Å²) in [5, 5.41) is 21.7. The summed E-state index contributed by atoms with van der Waals surface area (Å²) in [6.45, 7) is 4.39. The molecule has 18 heteroatoms. The monoisotopic (exact) mass is 598 g/mol. The van der Waals surface area contributed by atoms with Crippen molar-refractivity contribution < 1.29 is 45.8 Å². The molecule has 14 nitrogen and oxygen atoms in total. The zero-order valence-electron chi connectivity index (χ0n) is 22.0. The molecular weight excluding hydrogens is 576 g/mol. The Morgan fingerprint density at radius 2 is 1.26 bits per heavy atom. The Morgan fingerprint density at radius 1 is 0.833 bits per heavy atom. The van der Waals surface area contributed by atoms with Crippen molar-refractivity contribution >= 4 is 11.9 Å². The smallest absolute Gasteiger partial charge is 0.326 e. The van der Waals surface area contributed by atoms with Crippen LogP contribution in [0, 0.1) is 0 Å². The van der Waals surface area contributed by atoms with Crippen LogP contribution in [-0.2, 0) is 27.4 Å². The third-order valence-electron chi connectivity index (χ3n) is 4.77. The minimum absolute atomic E-state index is 0.144. The maximum atomic E-state index is 12.4. The highest BCUT2D eigenvalue weighted by Crippen LogP contribution is 2.23. The van der Waals surface area contributed by atoms with Gasteiger partial charge in [0.25, 0.3) is 22.9 Å². The van der Waals surface area contributed by atoms with E-state index in [0.29, 0.717) is 0 Å². The molecule has 0 fully saturated rings. The third-order valence-corrected chi connectivity index (χ3v) is 4.77. The van der Waals surface area contributed by atoms with Gasteiger partial charge in [0.2, 0.25) is 11.8 Å². The Bertz CT molecular complexity index is 1670. The van der Waals surface area contributed by atoms with Crippen LogP contribution in [0.15, 0.2) is 55.1 Å². The lowest BCUT2D eigenvalue weighted by atomic mass is 10.2. The SMILES string of the molecule is CC(C)(C)OC(=O)Cn1ccc(-c2nnc(C(F)F)o2)cc1=O.O=C(O)Cn1ccc(-c2nnc(C(F)F)o2)cc1=O. The van der Waals surface area contributed by atoms with Gasteiger partial charge in [0.15, 0.2) is 0 Å². The summed E-state index contributed by atoms with van der Waals surface area (Å²) in [4.78, 5) is 45.7. The highest BCUT2D eigenvalue weighted by molar-refractivity contribution is 5.69. The number of nitrogens with zero attached hydrogens (tertiary/aromatic N) is 6. The lowest BCUT2D eigenvalue weighted by Gasteiger charge is -2.19. The number of carboxylic acids is 1. The van der Waals surface area contributed by atoms with Crippen molar-refractivity contribution in [2.24, 2.45) is 0 Å². The first-order valence-corrected chi connectivity index (χ1v) is 11.7. The second-order valence-electron chi connectivity index (χ2n) is 9.24. The van der Waals surface area contributed by atoms with Crippen LogP contribution in [-0.4, -0.2) is 52.2 Å². The minimum Gasteiger partial charge on any atom is -0.480 e. The predicted octanol–water partition coefficient (Wildman–Crippen LogP) is 3.10. The topological polar surface area (TPSA) is 185 Å². The molecule has 42 heavy (non-hydrogen) atoms. The number of pyridine rings is 2. The van der Waals surface area contributed by atoms with E-state index in [4.69, 9.17) is 14.3 Å². The van der Waals surface area contributed by atoms with Crippen molar-refractivity contribution in [1.82, 2.24) is 29.5 Å². The van der Waals surface area contributed by atoms with Gasteiger partial charge in [-0.25, -0.2) is 0 Å². The van der Waals surface area contributed by atoms with Crippen molar-refractivity contribution in [2.75, 3.05) is 0 Å². The van der Waals surface area contributed by atoms with Crippen molar-refractivity contribution in [3.63, 3.8) is 0 Å². The number of hydrogen-bond acceptors (Lipinski definition) is 11. The molecule has 0 saturated carbocycles. The fraction of sp³-hybridized carbons (Fsp3) is 0.333. The van der Waals surface area contributed by atoms with Gasteiger partial charge in [0, 0.05) is 35.7 Å². The standard InChI is InChI=1S/C14H15F2N3O4.C10H7F2N3O4/c1-14(2,3)23-10(21)7-19-5-4-8(6-9(19)20)12-17-18-13(22-12)11(15)16;11-8(12)10-14-13-9(19-10)5-1-2-15(4-7(17)18)6(16)3-5/h4-6,11H,7H2,1-3H3;1-3,8H,4H2,(H,17,18). The molecular formula is C24H22F4N6O8. The highest BCUT2D eigenvalue weighted by Gasteiger charge is 2.20. The van der Waals surface area contributed by atoms with Gasteiger partial charge in [-0.3, -0.25) is 19.2 Å². The van der Waals surface area contributed by atoms with Crippen LogP contribution < -0.4 is 11.1 Å². The first-order chi connectivity index (χ1) is 19.6. The number of rotatable bonds is 8. The number of esters is 1. The van der Waals surface area contributed by atoms with Crippen LogP contribution in [0.5, 0.6) is 0 Å². The second-order valence-corrected chi connectivity index (χ2v) is 9.24. The minimum atomic E-state index is -2.89. The Labute approximate surface area is 232 Å². The van der Waals surface area contributed by atoms with Crippen LogP contribution >= 0.6 is 0 Å². The fourth-order valence-electron chi connectivity index (χ4n) is 3.08. The maximum absolute atomic E-state index is 12.4. The van der Waals surface area contributed by atoms with E-state index in [0.717, 1.165) is 21.3 Å². The highest BCUT2D eigenvalue weighted by atomic mass is 19.3. The van der Waals surface area contributed by atoms with Crippen LogP contribution in [0.3, 0.4) is 0 Å². The van der Waals surface area contributed by atoms with E-state index in [2.05, 4.69) is 24.8 Å². The Morgan fingerprint density at radius 3 is 1.60 bits per heavy atom. The van der Waals surface area contributed by atoms with Crippen molar-refractivity contribution in [3.05, 3.63) is 69.1 Å². The molecule has 0 unspecified atom stereocenters. The van der Waals surface area contributed by atoms with Crippen molar-refractivity contribution in [1.29, 1.82) is 0 Å². The van der Waals surface area contributed by atoms with Crippen LogP contribution in [0.1, 0.15) is 45.4 Å². The van der Waals surface area contributed by atoms with Gasteiger partial charge in [-0.2, -0.15) is 17.6 Å². The number of ether oxygens (including phenoxy) is 1. The van der Waals surface area contributed by atoms with E-state index < -0.39 is 59.8 Å². The molecule has 224 valence electrons. The number of alkyl halides is 4. The largest absolute Gasteiger partial charge is 0.480 e. The van der Waals surface area contributed by atoms with Gasteiger partial charge in [-0.15, -0.1) is 20.4 Å². The summed E-state index contributed by atoms with van der Waals surface area (Å²) in [5.74, 6) is -3.82. The van der Waals surface area contributed by atoms with Gasteiger partial charge < -0.3 is 27.8 Å². The van der Waals surface area contributed by atoms with E-state index in [1.165, 1.54) is 24.5 Å². The average molecular weight is 598 g/mol. The van der Waals surface area contributed by atoms with Crippen molar-refractivity contribution in [3.8, 4) is 22.9 Å². The van der Waals surface area contributed by atoms with Gasteiger partial charge >= 0.3 is 24.8 Å². The molecule has 1 N–H and O–H groups in total. The first-order valence-electron chi connectivity index (χ1n) is 11.7. The molecule has 0 aliphatic carbocycles. The lowest BCUT2D eigenvalue weighted by Crippen LogP contribution is -2.30. The van der Waals surface area contributed by atoms with Crippen molar-refractivity contribution in [2.45, 2.75) is 52.3 Å². The van der Waals surface area contributed by atoms with E-state index in [9.17, 15) is 36.7 Å². The van der Waals surface area contributed by atoms with Crippen LogP contribution in [0.2, 0.25) is 0 Å². The molecule has 4 rings (SSSR count). The average Bonchev–Trinajstić information content (AvgIpc) is 3.56. The lowest BCUT2D eigenvalue weighted by molar-refractivity contribution is -0.155. The molecule has 0 radical (unpaired) electrons. The Kier molecular flexibility index (Phi) is 9.71. The van der Waals surface area contributed by atoms with Gasteiger partial charge in [-0.05, 0) is 32.9 Å². The summed E-state index contributed by atoms with van der Waals surface area (Å²) < 4.78 is 65.9. The predicted molar refractivity (Wildman–Crippen MR) is 131 cm³/mol. The Balaban J connectivity index is 0.000000235. The second kappa shape index (κ2) is 13.0. The van der Waals surface area contributed by atoms with Gasteiger partial charge in [0.05, 0.1) is 0 Å². The number of hydrogen-bond donors (Lipinski definition) is 1. The van der Waals surface area contributed by atoms with Crippen LogP contribution in [0.4, 0.5) is 17.6 Å². The summed E-state index contributed by atoms with van der Waals surface area (Å²) in [5.41, 5.74) is -1.46. The molecule has 0 atom stereocenters. The van der Waals surface area contributed by atoms with E-state index >= 15 is 0 Å². The molecule has 0 saturated heterocycles. The van der Waals surface area contributed by atoms with E-state index in [-0.39, 0.29) is 29.5 Å². The molecule has 4 aromatic heterocycles. The molecule has 0 bridgehead atoms. The number of carboxylic acid groups (broad SMARTS) is 1. The number of carbonyl (C=O) groups is 2. The molecule has 0 aliphatic heterocycles. The summed E-state index contributed by atoms with van der Waals surface area (Å²) >= 11 is 0. The molecule has 0 aromatic carbocycles. The molecule has 0 amide bonds. The molecule has 4 aromatic rings. The number of carbonyl (C=O) groups excluding carboxylic acids is 1. The fourth-order valence-corrected chi connectivity index (χ4v) is 3.08. The van der Waals surface area contributed by atoms with Crippen LogP contribution in [0.25, 0.3) is 22.9 Å². The number of halogens is 4. The summed E-state index contributed by atoms with van der Waals surface area (Å²) in [6.07, 6.45) is -3.25. The van der Waals surface area contributed by atoms with Gasteiger partial charge in [0.1, 0.15) is 18.7 Å². The number of aromatic nitrogens is 6. The van der Waals surface area contributed by atoms with E-state index in [1.807, 2.05) is 0 Å². The maximum Gasteiger partial charge on any atom is 0.326 e. The van der Waals surface area contributed by atoms with Gasteiger partial charge in [-0.1, -0.05) is 0 Å². The van der Waals surface area contributed by atoms with E-state index in [1.54, 1.807) is 20.8 Å². The Hall–Kier alpha value is -5.16. The molecule has 0 aliphatic rings. The summed E-state index contributed by atoms with van der Waals surface area (Å²) in [6, 6.07) is 4.89. The zero-order chi connectivity index (χ0) is 31.2. The first kappa shape index (κ1) is 31.4. The summed E-state index contributed by atoms with van der Waals surface area (Å²) in [7, 11) is 0. The third kappa shape index (κ3) is 8.67. The normalized spacial score (nSPS) is 11.4. The quantitative estimate of drug-likeness (QED) is 0.231. The molecule has 4 heterocycles. The molecule has 0 spiro atoms. The number of aliphatic carboxylic acids is 1.